The van der Waals surface area contributed by atoms with Crippen molar-refractivity contribution in [1.29, 1.82) is 0 Å². The fourth-order valence-corrected chi connectivity index (χ4v) is 2.48. The normalized spacial score (nSPS) is 12.2. The van der Waals surface area contributed by atoms with Gasteiger partial charge in [-0.05, 0) is 25.6 Å². The SMILES string of the molecule is CCC(NC)c1ccccc1OCc1cccc(F)c1Cl. The Morgan fingerprint density at radius 2 is 1.95 bits per heavy atom. The van der Waals surface area contributed by atoms with E-state index in [0.717, 1.165) is 17.7 Å². The molecule has 1 unspecified atom stereocenters. The summed E-state index contributed by atoms with van der Waals surface area (Å²) < 4.78 is 19.3. The van der Waals surface area contributed by atoms with Gasteiger partial charge in [-0.25, -0.2) is 4.39 Å². The van der Waals surface area contributed by atoms with Gasteiger partial charge in [-0.15, -0.1) is 0 Å². The lowest BCUT2D eigenvalue weighted by Gasteiger charge is -2.19. The fraction of sp³-hybridized carbons (Fsp3) is 0.294. The Bertz CT molecular complexity index is 599. The molecule has 0 aliphatic carbocycles. The average Bonchev–Trinajstić information content (AvgIpc) is 2.51. The molecule has 21 heavy (non-hydrogen) atoms. The molecule has 2 aromatic rings. The molecule has 0 heterocycles. The third kappa shape index (κ3) is 3.74. The molecule has 1 atom stereocenters. The molecule has 0 saturated heterocycles. The molecule has 0 saturated carbocycles. The average molecular weight is 308 g/mol. The van der Waals surface area contributed by atoms with Crippen LogP contribution in [0.5, 0.6) is 5.75 Å². The van der Waals surface area contributed by atoms with Crippen LogP contribution in [0.2, 0.25) is 5.02 Å². The van der Waals surface area contributed by atoms with Gasteiger partial charge in [0, 0.05) is 17.2 Å². The second-order valence-electron chi connectivity index (χ2n) is 4.79. The van der Waals surface area contributed by atoms with Crippen LogP contribution in [0, 0.1) is 5.82 Å². The maximum atomic E-state index is 13.4. The number of hydrogen-bond donors (Lipinski definition) is 1. The van der Waals surface area contributed by atoms with Gasteiger partial charge >= 0.3 is 0 Å². The molecule has 0 radical (unpaired) electrons. The molecule has 4 heteroatoms. The van der Waals surface area contributed by atoms with E-state index in [9.17, 15) is 4.39 Å². The van der Waals surface area contributed by atoms with E-state index in [1.165, 1.54) is 6.07 Å². The smallest absolute Gasteiger partial charge is 0.142 e. The minimum atomic E-state index is -0.423. The highest BCUT2D eigenvalue weighted by molar-refractivity contribution is 6.31. The summed E-state index contributed by atoms with van der Waals surface area (Å²) >= 11 is 5.95. The monoisotopic (exact) mass is 307 g/mol. The Kier molecular flexibility index (Phi) is 5.59. The van der Waals surface area contributed by atoms with Crippen LogP contribution in [0.1, 0.15) is 30.5 Å². The van der Waals surface area contributed by atoms with Crippen LogP contribution in [0.25, 0.3) is 0 Å². The summed E-state index contributed by atoms with van der Waals surface area (Å²) in [6.45, 7) is 2.36. The summed E-state index contributed by atoms with van der Waals surface area (Å²) in [5.74, 6) is 0.367. The summed E-state index contributed by atoms with van der Waals surface area (Å²) in [6, 6.07) is 12.8. The number of para-hydroxylation sites is 1. The largest absolute Gasteiger partial charge is 0.489 e. The summed E-state index contributed by atoms with van der Waals surface area (Å²) in [5, 5.41) is 3.38. The van der Waals surface area contributed by atoms with Gasteiger partial charge in [0.15, 0.2) is 0 Å². The first-order valence-electron chi connectivity index (χ1n) is 6.99. The second kappa shape index (κ2) is 7.43. The van der Waals surface area contributed by atoms with Gasteiger partial charge in [0.05, 0.1) is 5.02 Å². The van der Waals surface area contributed by atoms with E-state index in [4.69, 9.17) is 16.3 Å². The first kappa shape index (κ1) is 15.8. The highest BCUT2D eigenvalue weighted by Gasteiger charge is 2.13. The number of benzene rings is 2. The predicted octanol–water partition coefficient (Wildman–Crippen LogP) is 4.73. The minimum absolute atomic E-state index is 0.121. The number of halogens is 2. The first-order valence-corrected chi connectivity index (χ1v) is 7.37. The molecule has 0 aromatic heterocycles. The predicted molar refractivity (Wildman–Crippen MR) is 84.3 cm³/mol. The van der Waals surface area contributed by atoms with E-state index in [-0.39, 0.29) is 17.7 Å². The molecule has 1 N–H and O–H groups in total. The van der Waals surface area contributed by atoms with E-state index < -0.39 is 5.82 Å². The lowest BCUT2D eigenvalue weighted by atomic mass is 10.0. The summed E-state index contributed by atoms with van der Waals surface area (Å²) in [4.78, 5) is 0. The molecule has 2 rings (SSSR count). The Morgan fingerprint density at radius 3 is 2.67 bits per heavy atom. The quantitative estimate of drug-likeness (QED) is 0.833. The van der Waals surface area contributed by atoms with Crippen molar-refractivity contribution in [2.45, 2.75) is 26.0 Å². The third-order valence-corrected chi connectivity index (χ3v) is 3.89. The van der Waals surface area contributed by atoms with Crippen molar-refractivity contribution < 1.29 is 9.13 Å². The molecule has 2 nitrogen and oxygen atoms in total. The zero-order chi connectivity index (χ0) is 15.2. The fourth-order valence-electron chi connectivity index (χ4n) is 2.29. The van der Waals surface area contributed by atoms with Gasteiger partial charge in [0.1, 0.15) is 18.2 Å². The summed E-state index contributed by atoms with van der Waals surface area (Å²) in [5.41, 5.74) is 1.74. The second-order valence-corrected chi connectivity index (χ2v) is 5.17. The highest BCUT2D eigenvalue weighted by Crippen LogP contribution is 2.28. The molecular formula is C17H19ClFNO. The zero-order valence-electron chi connectivity index (χ0n) is 12.2. The minimum Gasteiger partial charge on any atom is -0.489 e. The van der Waals surface area contributed by atoms with Gasteiger partial charge in [0.2, 0.25) is 0 Å². The third-order valence-electron chi connectivity index (χ3n) is 3.47. The molecular weight excluding hydrogens is 289 g/mol. The molecule has 0 fully saturated rings. The van der Waals surface area contributed by atoms with E-state index in [1.807, 2.05) is 31.3 Å². The Balaban J connectivity index is 2.18. The van der Waals surface area contributed by atoms with Crippen LogP contribution in [0.15, 0.2) is 42.5 Å². The molecule has 112 valence electrons. The lowest BCUT2D eigenvalue weighted by molar-refractivity contribution is 0.298. The van der Waals surface area contributed by atoms with Crippen molar-refractivity contribution in [3.8, 4) is 5.75 Å². The zero-order valence-corrected chi connectivity index (χ0v) is 13.0. The molecule has 0 amide bonds. The highest BCUT2D eigenvalue weighted by atomic mass is 35.5. The maximum absolute atomic E-state index is 13.4. The molecule has 0 bridgehead atoms. The number of ether oxygens (including phenoxy) is 1. The van der Waals surface area contributed by atoms with Gasteiger partial charge in [0.25, 0.3) is 0 Å². The van der Waals surface area contributed by atoms with Crippen molar-refractivity contribution in [1.82, 2.24) is 5.32 Å². The van der Waals surface area contributed by atoms with Crippen LogP contribution in [0.3, 0.4) is 0 Å². The Morgan fingerprint density at radius 1 is 1.19 bits per heavy atom. The standard InChI is InChI=1S/C17H19ClFNO/c1-3-15(20-2)13-8-4-5-10-16(13)21-11-12-7-6-9-14(19)17(12)18/h4-10,15,20H,3,11H2,1-2H3. The molecule has 0 spiro atoms. The van der Waals surface area contributed by atoms with E-state index >= 15 is 0 Å². The molecule has 0 aliphatic rings. The van der Waals surface area contributed by atoms with Crippen molar-refractivity contribution >= 4 is 11.6 Å². The van der Waals surface area contributed by atoms with E-state index in [1.54, 1.807) is 12.1 Å². The van der Waals surface area contributed by atoms with Crippen molar-refractivity contribution in [2.75, 3.05) is 7.05 Å². The van der Waals surface area contributed by atoms with Crippen molar-refractivity contribution in [3.63, 3.8) is 0 Å². The lowest BCUT2D eigenvalue weighted by Crippen LogP contribution is -2.16. The number of nitrogens with one attached hydrogen (secondary N) is 1. The van der Waals surface area contributed by atoms with Crippen LogP contribution in [0.4, 0.5) is 4.39 Å². The number of hydrogen-bond acceptors (Lipinski definition) is 2. The van der Waals surface area contributed by atoms with Crippen LogP contribution >= 0.6 is 11.6 Å². The summed E-state index contributed by atoms with van der Waals surface area (Å²) in [6.07, 6.45) is 0.956. The first-order chi connectivity index (χ1) is 10.2. The molecule has 2 aromatic carbocycles. The molecule has 0 aliphatic heterocycles. The summed E-state index contributed by atoms with van der Waals surface area (Å²) in [7, 11) is 1.92. The van der Waals surface area contributed by atoms with Gasteiger partial charge < -0.3 is 10.1 Å². The van der Waals surface area contributed by atoms with Crippen LogP contribution < -0.4 is 10.1 Å². The van der Waals surface area contributed by atoms with Crippen molar-refractivity contribution in [3.05, 3.63) is 64.4 Å². The van der Waals surface area contributed by atoms with Crippen LogP contribution in [-0.2, 0) is 6.61 Å². The number of rotatable bonds is 6. The van der Waals surface area contributed by atoms with Crippen molar-refractivity contribution in [2.24, 2.45) is 0 Å². The van der Waals surface area contributed by atoms with Gasteiger partial charge in [-0.2, -0.15) is 0 Å². The Labute approximate surface area is 129 Å². The van der Waals surface area contributed by atoms with E-state index in [0.29, 0.717) is 5.56 Å². The van der Waals surface area contributed by atoms with Gasteiger partial charge in [-0.3, -0.25) is 0 Å². The maximum Gasteiger partial charge on any atom is 0.142 e. The van der Waals surface area contributed by atoms with E-state index in [2.05, 4.69) is 12.2 Å². The van der Waals surface area contributed by atoms with Crippen LogP contribution in [-0.4, -0.2) is 7.05 Å². The topological polar surface area (TPSA) is 21.3 Å². The Hall–Kier alpha value is -1.58. The van der Waals surface area contributed by atoms with Gasteiger partial charge in [-0.1, -0.05) is 48.9 Å².